The molecule has 1 aliphatic rings. The summed E-state index contributed by atoms with van der Waals surface area (Å²) < 4.78 is 0. The summed E-state index contributed by atoms with van der Waals surface area (Å²) in [6.07, 6.45) is 0.982. The minimum atomic E-state index is -0.0371. The largest absolute Gasteiger partial charge is 0.358 e. The number of hydrogen-bond donors (Lipinski definition) is 2. The van der Waals surface area contributed by atoms with E-state index in [2.05, 4.69) is 55.3 Å². The predicted molar refractivity (Wildman–Crippen MR) is 111 cm³/mol. The van der Waals surface area contributed by atoms with Crippen molar-refractivity contribution in [3.63, 3.8) is 0 Å². The highest BCUT2D eigenvalue weighted by atomic mass is 35.5. The second-order valence-electron chi connectivity index (χ2n) is 8.17. The Balaban J connectivity index is 1.43. The van der Waals surface area contributed by atoms with Crippen LogP contribution in [0, 0.1) is 18.3 Å². The van der Waals surface area contributed by atoms with Crippen molar-refractivity contribution >= 4 is 28.4 Å². The maximum Gasteiger partial charge on any atom is 0.251 e. The molecule has 1 saturated carbocycles. The number of aromatic nitrogens is 1. The molecule has 0 spiro atoms. The Morgan fingerprint density at radius 1 is 1.15 bits per heavy atom. The lowest BCUT2D eigenvalue weighted by Gasteiger charge is -2.06. The van der Waals surface area contributed by atoms with Crippen LogP contribution in [0.2, 0.25) is 5.02 Å². The number of carbonyl (C=O) groups is 1. The van der Waals surface area contributed by atoms with Crippen LogP contribution < -0.4 is 5.32 Å². The zero-order valence-corrected chi connectivity index (χ0v) is 16.7. The van der Waals surface area contributed by atoms with Crippen LogP contribution in [0.5, 0.6) is 0 Å². The smallest absolute Gasteiger partial charge is 0.251 e. The Bertz CT molecular complexity index is 987. The number of aryl methyl sites for hydroxylation is 1. The molecule has 140 valence electrons. The van der Waals surface area contributed by atoms with Crippen LogP contribution in [0.1, 0.15) is 47.8 Å². The molecule has 0 radical (unpaired) electrons. The van der Waals surface area contributed by atoms with E-state index in [1.54, 1.807) is 24.3 Å². The molecule has 0 saturated heterocycles. The van der Waals surface area contributed by atoms with Gasteiger partial charge in [-0.25, -0.2) is 0 Å². The number of benzene rings is 2. The summed E-state index contributed by atoms with van der Waals surface area (Å²) in [6.45, 7) is 7.53. The summed E-state index contributed by atoms with van der Waals surface area (Å²) in [5.74, 6) is 1.06. The molecule has 2 atom stereocenters. The Morgan fingerprint density at radius 3 is 2.59 bits per heavy atom. The van der Waals surface area contributed by atoms with Crippen molar-refractivity contribution in [2.45, 2.75) is 33.1 Å². The zero-order chi connectivity index (χ0) is 19.2. The van der Waals surface area contributed by atoms with E-state index in [0.717, 1.165) is 6.42 Å². The first-order valence-electron chi connectivity index (χ1n) is 9.50. The SMILES string of the molecule is Cc1[nH]c2ccccc2c1[C@@H]1[C@@H](CCNC(=O)c2ccc(Cl)cc2)C1(C)C. The highest BCUT2D eigenvalue weighted by Gasteiger charge is 2.58. The first-order valence-corrected chi connectivity index (χ1v) is 9.88. The molecule has 1 heterocycles. The van der Waals surface area contributed by atoms with Gasteiger partial charge in [0.2, 0.25) is 0 Å². The number of aromatic amines is 1. The molecule has 1 fully saturated rings. The molecule has 1 aromatic heterocycles. The number of fused-ring (bicyclic) bond motifs is 1. The number of amides is 1. The summed E-state index contributed by atoms with van der Waals surface area (Å²) in [4.78, 5) is 15.8. The van der Waals surface area contributed by atoms with Crippen molar-refractivity contribution in [2.75, 3.05) is 6.54 Å². The van der Waals surface area contributed by atoms with Gasteiger partial charge in [0.15, 0.2) is 0 Å². The van der Waals surface area contributed by atoms with E-state index < -0.39 is 0 Å². The van der Waals surface area contributed by atoms with E-state index in [-0.39, 0.29) is 11.3 Å². The van der Waals surface area contributed by atoms with Crippen LogP contribution >= 0.6 is 11.6 Å². The first kappa shape index (κ1) is 18.1. The van der Waals surface area contributed by atoms with Crippen LogP contribution in [-0.2, 0) is 0 Å². The summed E-state index contributed by atoms with van der Waals surface area (Å²) in [5, 5.41) is 5.03. The molecule has 3 nitrogen and oxygen atoms in total. The third-order valence-corrected chi connectivity index (χ3v) is 6.40. The van der Waals surface area contributed by atoms with Crippen LogP contribution in [0.3, 0.4) is 0 Å². The van der Waals surface area contributed by atoms with E-state index in [9.17, 15) is 4.79 Å². The average molecular weight is 381 g/mol. The van der Waals surface area contributed by atoms with Crippen molar-refractivity contribution in [3.8, 4) is 0 Å². The second-order valence-corrected chi connectivity index (χ2v) is 8.60. The molecule has 0 bridgehead atoms. The predicted octanol–water partition coefficient (Wildman–Crippen LogP) is 5.69. The van der Waals surface area contributed by atoms with E-state index in [1.165, 1.54) is 22.2 Å². The van der Waals surface area contributed by atoms with Crippen LogP contribution in [0.25, 0.3) is 10.9 Å². The third-order valence-electron chi connectivity index (χ3n) is 6.15. The molecule has 2 N–H and O–H groups in total. The molecule has 1 aliphatic carbocycles. The van der Waals surface area contributed by atoms with Gasteiger partial charge in [0.05, 0.1) is 0 Å². The number of rotatable bonds is 5. The van der Waals surface area contributed by atoms with Gasteiger partial charge in [0.1, 0.15) is 0 Å². The van der Waals surface area contributed by atoms with Crippen molar-refractivity contribution in [1.29, 1.82) is 0 Å². The molecule has 0 aliphatic heterocycles. The Kier molecular flexibility index (Phi) is 4.51. The van der Waals surface area contributed by atoms with Crippen LogP contribution in [0.15, 0.2) is 48.5 Å². The van der Waals surface area contributed by atoms with Crippen molar-refractivity contribution in [3.05, 3.63) is 70.4 Å². The number of hydrogen-bond acceptors (Lipinski definition) is 1. The fourth-order valence-electron chi connectivity index (χ4n) is 4.60. The fraction of sp³-hybridized carbons (Fsp3) is 0.348. The molecule has 1 amide bonds. The van der Waals surface area contributed by atoms with Gasteiger partial charge in [-0.05, 0) is 66.5 Å². The molecule has 4 heteroatoms. The fourth-order valence-corrected chi connectivity index (χ4v) is 4.73. The Hall–Kier alpha value is -2.26. The molecule has 3 aromatic rings. The topological polar surface area (TPSA) is 44.9 Å². The molecule has 4 rings (SSSR count). The Labute approximate surface area is 165 Å². The average Bonchev–Trinajstić information content (AvgIpc) is 3.00. The lowest BCUT2D eigenvalue weighted by atomic mass is 10.0. The molecular weight excluding hydrogens is 356 g/mol. The highest BCUT2D eigenvalue weighted by molar-refractivity contribution is 6.30. The number of carbonyl (C=O) groups excluding carboxylic acids is 1. The monoisotopic (exact) mass is 380 g/mol. The van der Waals surface area contributed by atoms with Gasteiger partial charge >= 0.3 is 0 Å². The summed E-state index contributed by atoms with van der Waals surface area (Å²) in [7, 11) is 0. The second kappa shape index (κ2) is 6.72. The van der Waals surface area contributed by atoms with E-state index in [1.807, 2.05) is 0 Å². The van der Waals surface area contributed by atoms with Gasteiger partial charge < -0.3 is 10.3 Å². The van der Waals surface area contributed by atoms with Gasteiger partial charge in [-0.1, -0.05) is 43.6 Å². The number of H-pyrrole nitrogens is 1. The lowest BCUT2D eigenvalue weighted by molar-refractivity contribution is 0.0952. The summed E-state index contributed by atoms with van der Waals surface area (Å²) in [5.41, 5.74) is 4.83. The first-order chi connectivity index (χ1) is 12.9. The summed E-state index contributed by atoms with van der Waals surface area (Å²) in [6, 6.07) is 15.5. The summed E-state index contributed by atoms with van der Waals surface area (Å²) >= 11 is 5.89. The van der Waals surface area contributed by atoms with Gasteiger partial charge in [0, 0.05) is 33.7 Å². The van der Waals surface area contributed by atoms with E-state index >= 15 is 0 Å². The standard InChI is InChI=1S/C23H25ClN2O/c1-14-20(17-6-4-5-7-19(17)26-14)21-18(23(21,2)3)12-13-25-22(27)15-8-10-16(24)11-9-15/h4-11,18,21,26H,12-13H2,1-3H3,(H,25,27)/t18-,21+/m1/s1. The van der Waals surface area contributed by atoms with Gasteiger partial charge in [-0.2, -0.15) is 0 Å². The minimum Gasteiger partial charge on any atom is -0.358 e. The minimum absolute atomic E-state index is 0.0371. The maximum atomic E-state index is 12.3. The highest BCUT2D eigenvalue weighted by Crippen LogP contribution is 2.67. The quantitative estimate of drug-likeness (QED) is 0.586. The third kappa shape index (κ3) is 3.25. The Morgan fingerprint density at radius 2 is 1.85 bits per heavy atom. The number of halogens is 1. The normalized spacial score (nSPS) is 20.6. The van der Waals surface area contributed by atoms with E-state index in [0.29, 0.717) is 29.0 Å². The molecule has 2 aromatic carbocycles. The van der Waals surface area contributed by atoms with Gasteiger partial charge in [0.25, 0.3) is 5.91 Å². The number of para-hydroxylation sites is 1. The molecule has 0 unspecified atom stereocenters. The maximum absolute atomic E-state index is 12.3. The number of nitrogens with one attached hydrogen (secondary N) is 2. The van der Waals surface area contributed by atoms with Gasteiger partial charge in [-0.3, -0.25) is 4.79 Å². The molecular formula is C23H25ClN2O. The lowest BCUT2D eigenvalue weighted by Crippen LogP contribution is -2.25. The van der Waals surface area contributed by atoms with Gasteiger partial charge in [-0.15, -0.1) is 0 Å². The van der Waals surface area contributed by atoms with Crippen molar-refractivity contribution < 1.29 is 4.79 Å². The van der Waals surface area contributed by atoms with Crippen molar-refractivity contribution in [1.82, 2.24) is 10.3 Å². The van der Waals surface area contributed by atoms with Crippen molar-refractivity contribution in [2.24, 2.45) is 11.3 Å². The zero-order valence-electron chi connectivity index (χ0n) is 16.0. The van der Waals surface area contributed by atoms with E-state index in [4.69, 9.17) is 11.6 Å². The molecule has 27 heavy (non-hydrogen) atoms. The van der Waals surface area contributed by atoms with Crippen LogP contribution in [-0.4, -0.2) is 17.4 Å². The van der Waals surface area contributed by atoms with Crippen LogP contribution in [0.4, 0.5) is 0 Å².